The highest BCUT2D eigenvalue weighted by atomic mass is 19.3. The molecule has 0 aromatic heterocycles. The highest BCUT2D eigenvalue weighted by Crippen LogP contribution is 2.62. The van der Waals surface area contributed by atoms with E-state index in [2.05, 4.69) is 6.92 Å². The van der Waals surface area contributed by atoms with Gasteiger partial charge >= 0.3 is 0 Å². The Bertz CT molecular complexity index is 147. The van der Waals surface area contributed by atoms with Crippen molar-refractivity contribution in [1.29, 1.82) is 0 Å². The number of hydrogen-bond acceptors (Lipinski definition) is 0. The number of halogens is 2. The zero-order chi connectivity index (χ0) is 7.35. The van der Waals surface area contributed by atoms with Crippen LogP contribution in [-0.4, -0.2) is 6.43 Å². The molecule has 3 fully saturated rings. The Balaban J connectivity index is 2.05. The van der Waals surface area contributed by atoms with Crippen molar-refractivity contribution in [2.24, 2.45) is 17.3 Å². The van der Waals surface area contributed by atoms with Gasteiger partial charge in [0.05, 0.1) is 0 Å². The van der Waals surface area contributed by atoms with Crippen LogP contribution in [0, 0.1) is 17.3 Å². The van der Waals surface area contributed by atoms with Crippen LogP contribution in [0.15, 0.2) is 0 Å². The Morgan fingerprint density at radius 2 is 1.90 bits per heavy atom. The van der Waals surface area contributed by atoms with Crippen LogP contribution < -0.4 is 0 Å². The van der Waals surface area contributed by atoms with Crippen molar-refractivity contribution < 1.29 is 8.78 Å². The Morgan fingerprint density at radius 3 is 2.10 bits per heavy atom. The molecule has 3 aliphatic carbocycles. The van der Waals surface area contributed by atoms with Gasteiger partial charge in [0.25, 0.3) is 0 Å². The van der Waals surface area contributed by atoms with E-state index in [1.54, 1.807) is 0 Å². The first-order chi connectivity index (χ1) is 4.61. The maximum absolute atomic E-state index is 12.2. The van der Waals surface area contributed by atoms with Crippen LogP contribution in [0.1, 0.15) is 26.2 Å². The second-order valence-corrected chi connectivity index (χ2v) is 4.18. The molecule has 0 aromatic rings. The lowest BCUT2D eigenvalue weighted by Crippen LogP contribution is -2.25. The third-order valence-electron chi connectivity index (χ3n) is 3.17. The predicted octanol–water partition coefficient (Wildman–Crippen LogP) is 2.69. The smallest absolute Gasteiger partial charge is 0.210 e. The molecule has 1 atom stereocenters. The van der Waals surface area contributed by atoms with Gasteiger partial charge in [0, 0.05) is 5.92 Å². The molecule has 0 heterocycles. The molecule has 0 amide bonds. The fraction of sp³-hybridized carbons (Fsp3) is 1.00. The Morgan fingerprint density at radius 1 is 1.30 bits per heavy atom. The van der Waals surface area contributed by atoms with Crippen LogP contribution in [0.4, 0.5) is 8.78 Å². The molecule has 3 rings (SSSR count). The van der Waals surface area contributed by atoms with E-state index in [9.17, 15) is 8.78 Å². The van der Waals surface area contributed by atoms with Gasteiger partial charge in [-0.05, 0) is 30.6 Å². The normalized spacial score (nSPS) is 51.6. The van der Waals surface area contributed by atoms with Crippen LogP contribution >= 0.6 is 0 Å². The third-order valence-corrected chi connectivity index (χ3v) is 3.17. The lowest BCUT2D eigenvalue weighted by molar-refractivity contribution is 0.0563. The molecule has 1 unspecified atom stereocenters. The molecular formula is C8H12F2. The average molecular weight is 146 g/mol. The summed E-state index contributed by atoms with van der Waals surface area (Å²) < 4.78 is 24.4. The topological polar surface area (TPSA) is 0 Å². The lowest BCUT2D eigenvalue weighted by atomic mass is 9.71. The predicted molar refractivity (Wildman–Crippen MR) is 34.9 cm³/mol. The van der Waals surface area contributed by atoms with Gasteiger partial charge in [-0.1, -0.05) is 6.92 Å². The molecule has 2 heteroatoms. The van der Waals surface area contributed by atoms with Crippen molar-refractivity contribution >= 4 is 0 Å². The first kappa shape index (κ1) is 6.56. The minimum atomic E-state index is -2.06. The van der Waals surface area contributed by atoms with Gasteiger partial charge in [-0.25, -0.2) is 8.78 Å². The molecule has 0 aromatic carbocycles. The van der Waals surface area contributed by atoms with Crippen LogP contribution in [0.5, 0.6) is 0 Å². The van der Waals surface area contributed by atoms with Crippen molar-refractivity contribution in [3.8, 4) is 0 Å². The van der Waals surface area contributed by atoms with Crippen LogP contribution in [-0.2, 0) is 0 Å². The average Bonchev–Trinajstić information content (AvgIpc) is 2.17. The van der Waals surface area contributed by atoms with E-state index in [0.717, 1.165) is 19.3 Å². The summed E-state index contributed by atoms with van der Waals surface area (Å²) in [6, 6.07) is 0. The van der Waals surface area contributed by atoms with Gasteiger partial charge in [0.1, 0.15) is 0 Å². The van der Waals surface area contributed by atoms with E-state index in [1.165, 1.54) is 0 Å². The molecule has 3 saturated carbocycles. The van der Waals surface area contributed by atoms with Crippen molar-refractivity contribution in [3.63, 3.8) is 0 Å². The van der Waals surface area contributed by atoms with Gasteiger partial charge in [-0.2, -0.15) is 0 Å². The summed E-state index contributed by atoms with van der Waals surface area (Å²) in [4.78, 5) is 0. The quantitative estimate of drug-likeness (QED) is 0.533. The van der Waals surface area contributed by atoms with Gasteiger partial charge < -0.3 is 0 Å². The summed E-state index contributed by atoms with van der Waals surface area (Å²) in [5.41, 5.74) is 0.311. The molecule has 0 spiro atoms. The SMILES string of the molecule is CC12CC(C1)C(C(F)F)C2. The number of alkyl halides is 2. The monoisotopic (exact) mass is 146 g/mol. The maximum Gasteiger partial charge on any atom is 0.241 e. The van der Waals surface area contributed by atoms with Crippen molar-refractivity contribution in [2.45, 2.75) is 32.6 Å². The number of fused-ring (bicyclic) bond motifs is 1. The summed E-state index contributed by atoms with van der Waals surface area (Å²) in [5, 5.41) is 0. The van der Waals surface area contributed by atoms with Gasteiger partial charge in [-0.15, -0.1) is 0 Å². The van der Waals surface area contributed by atoms with E-state index in [4.69, 9.17) is 0 Å². The van der Waals surface area contributed by atoms with Crippen molar-refractivity contribution in [1.82, 2.24) is 0 Å². The van der Waals surface area contributed by atoms with E-state index in [1.807, 2.05) is 0 Å². The minimum absolute atomic E-state index is 0.259. The molecule has 0 radical (unpaired) electrons. The van der Waals surface area contributed by atoms with Crippen LogP contribution in [0.3, 0.4) is 0 Å². The fourth-order valence-corrected chi connectivity index (χ4v) is 2.71. The Kier molecular flexibility index (Phi) is 1.13. The second kappa shape index (κ2) is 1.72. The molecule has 58 valence electrons. The summed E-state index contributed by atoms with van der Waals surface area (Å²) in [7, 11) is 0. The highest BCUT2D eigenvalue weighted by Gasteiger charge is 2.55. The molecule has 3 aliphatic rings. The molecule has 0 nitrogen and oxygen atoms in total. The molecular weight excluding hydrogens is 134 g/mol. The van der Waals surface area contributed by atoms with Crippen LogP contribution in [0.25, 0.3) is 0 Å². The first-order valence-corrected chi connectivity index (χ1v) is 3.89. The summed E-state index contributed by atoms with van der Waals surface area (Å²) in [5.74, 6) is 0.106. The molecule has 10 heavy (non-hydrogen) atoms. The van der Waals surface area contributed by atoms with Crippen molar-refractivity contribution in [2.75, 3.05) is 0 Å². The lowest BCUT2D eigenvalue weighted by Gasteiger charge is -2.34. The maximum atomic E-state index is 12.2. The zero-order valence-corrected chi connectivity index (χ0v) is 6.11. The largest absolute Gasteiger partial charge is 0.241 e. The van der Waals surface area contributed by atoms with E-state index in [-0.39, 0.29) is 5.92 Å². The standard InChI is InChI=1S/C8H12F2/c1-8-2-5(3-8)6(4-8)7(9)10/h5-7H,2-4H2,1H3. The molecule has 2 bridgehead atoms. The molecule has 0 aliphatic heterocycles. The summed E-state index contributed by atoms with van der Waals surface area (Å²) in [6.07, 6.45) is 0.827. The Labute approximate surface area is 59.6 Å². The zero-order valence-electron chi connectivity index (χ0n) is 6.11. The summed E-state index contributed by atoms with van der Waals surface area (Å²) >= 11 is 0. The number of rotatable bonds is 1. The molecule has 0 saturated heterocycles. The summed E-state index contributed by atoms with van der Waals surface area (Å²) in [6.45, 7) is 2.13. The molecule has 0 N–H and O–H groups in total. The van der Waals surface area contributed by atoms with Crippen LogP contribution in [0.2, 0.25) is 0 Å². The van der Waals surface area contributed by atoms with E-state index in [0.29, 0.717) is 11.3 Å². The Hall–Kier alpha value is -0.140. The second-order valence-electron chi connectivity index (χ2n) is 4.18. The third kappa shape index (κ3) is 0.708. The van der Waals surface area contributed by atoms with E-state index >= 15 is 0 Å². The van der Waals surface area contributed by atoms with Gasteiger partial charge in [0.2, 0.25) is 6.43 Å². The first-order valence-electron chi connectivity index (χ1n) is 3.89. The highest BCUT2D eigenvalue weighted by molar-refractivity contribution is 5.03. The minimum Gasteiger partial charge on any atom is -0.210 e. The fourth-order valence-electron chi connectivity index (χ4n) is 2.71. The van der Waals surface area contributed by atoms with Gasteiger partial charge in [-0.3, -0.25) is 0 Å². The number of hydrogen-bond donors (Lipinski definition) is 0. The van der Waals surface area contributed by atoms with Crippen molar-refractivity contribution in [3.05, 3.63) is 0 Å². The van der Waals surface area contributed by atoms with Gasteiger partial charge in [0.15, 0.2) is 0 Å². The van der Waals surface area contributed by atoms with E-state index < -0.39 is 6.43 Å².